The van der Waals surface area contributed by atoms with Crippen molar-refractivity contribution in [2.24, 2.45) is 16.5 Å². The van der Waals surface area contributed by atoms with Crippen LogP contribution in [0.25, 0.3) is 0 Å². The highest BCUT2D eigenvalue weighted by Crippen LogP contribution is 2.21. The van der Waals surface area contributed by atoms with E-state index in [9.17, 15) is 14.0 Å². The molecular formula is C17H23ClFN5O2. The molecule has 2 atom stereocenters. The highest BCUT2D eigenvalue weighted by Gasteiger charge is 2.26. The van der Waals surface area contributed by atoms with Crippen molar-refractivity contribution in [2.75, 3.05) is 5.32 Å². The fourth-order valence-corrected chi connectivity index (χ4v) is 3.09. The van der Waals surface area contributed by atoms with E-state index in [-0.39, 0.29) is 28.8 Å². The molecule has 0 bridgehead atoms. The Hall–Kier alpha value is -2.35. The quantitative estimate of drug-likeness (QED) is 0.361. The first-order chi connectivity index (χ1) is 12.4. The largest absolute Gasteiger partial charge is 0.370 e. The lowest BCUT2D eigenvalue weighted by Crippen LogP contribution is -2.48. The van der Waals surface area contributed by atoms with Gasteiger partial charge >= 0.3 is 11.8 Å². The highest BCUT2D eigenvalue weighted by atomic mass is 35.5. The minimum absolute atomic E-state index is 0.0455. The van der Waals surface area contributed by atoms with E-state index in [0.29, 0.717) is 6.42 Å². The number of halogens is 2. The maximum atomic E-state index is 13.4. The van der Waals surface area contributed by atoms with E-state index in [1.54, 1.807) is 0 Å². The molecule has 1 fully saturated rings. The van der Waals surface area contributed by atoms with Gasteiger partial charge in [0.05, 0.1) is 17.1 Å². The monoisotopic (exact) mass is 383 g/mol. The van der Waals surface area contributed by atoms with Crippen LogP contribution in [0.15, 0.2) is 23.2 Å². The molecule has 1 aromatic rings. The van der Waals surface area contributed by atoms with Crippen molar-refractivity contribution in [2.45, 2.75) is 50.6 Å². The molecule has 142 valence electrons. The van der Waals surface area contributed by atoms with Gasteiger partial charge in [-0.3, -0.25) is 9.59 Å². The Morgan fingerprint density at radius 1 is 1.12 bits per heavy atom. The zero-order valence-corrected chi connectivity index (χ0v) is 15.1. The second-order valence-corrected chi connectivity index (χ2v) is 6.68. The highest BCUT2D eigenvalue weighted by molar-refractivity contribution is 6.39. The number of carbonyl (C=O) groups excluding carboxylic acids is 2. The van der Waals surface area contributed by atoms with Gasteiger partial charge in [0, 0.05) is 5.69 Å². The number of nitrogens with one attached hydrogen (secondary N) is 2. The van der Waals surface area contributed by atoms with Crippen molar-refractivity contribution >= 4 is 35.1 Å². The molecule has 7 nitrogen and oxygen atoms in total. The van der Waals surface area contributed by atoms with Crippen LogP contribution in [0, 0.1) is 5.82 Å². The van der Waals surface area contributed by atoms with E-state index in [0.717, 1.165) is 38.2 Å². The Bertz CT molecular complexity index is 694. The van der Waals surface area contributed by atoms with Crippen LogP contribution in [0.1, 0.15) is 38.5 Å². The first kappa shape index (κ1) is 20.0. The molecule has 0 aromatic heterocycles. The minimum atomic E-state index is -0.891. The summed E-state index contributed by atoms with van der Waals surface area (Å²) in [6, 6.07) is 3.15. The van der Waals surface area contributed by atoms with Gasteiger partial charge in [-0.05, 0) is 31.0 Å². The van der Waals surface area contributed by atoms with Crippen molar-refractivity contribution in [3.05, 3.63) is 29.0 Å². The van der Waals surface area contributed by atoms with Crippen LogP contribution in [0.3, 0.4) is 0 Å². The molecule has 0 unspecified atom stereocenters. The van der Waals surface area contributed by atoms with Gasteiger partial charge in [-0.2, -0.15) is 0 Å². The molecule has 0 saturated heterocycles. The molecule has 0 aliphatic heterocycles. The molecule has 1 aromatic carbocycles. The van der Waals surface area contributed by atoms with Gasteiger partial charge in [-0.15, -0.1) is 0 Å². The van der Waals surface area contributed by atoms with E-state index in [4.69, 9.17) is 23.1 Å². The zero-order chi connectivity index (χ0) is 19.1. The Morgan fingerprint density at radius 2 is 1.81 bits per heavy atom. The van der Waals surface area contributed by atoms with Crippen LogP contribution in [0.5, 0.6) is 0 Å². The lowest BCUT2D eigenvalue weighted by Gasteiger charge is -2.27. The van der Waals surface area contributed by atoms with Gasteiger partial charge in [0.2, 0.25) is 0 Å². The number of hydrogen-bond acceptors (Lipinski definition) is 3. The molecule has 0 spiro atoms. The third-order valence-corrected chi connectivity index (χ3v) is 4.55. The molecule has 0 radical (unpaired) electrons. The molecule has 1 saturated carbocycles. The second-order valence-electron chi connectivity index (χ2n) is 6.28. The second kappa shape index (κ2) is 9.38. The molecule has 26 heavy (non-hydrogen) atoms. The third kappa shape index (κ3) is 5.87. The standard InChI is InChI=1S/C17H23ClFN5O2/c18-11-8-7-10(9-12(11)19)22-15(25)16(26)23-13-5-3-1-2-4-6-14(13)24-17(20)21/h7-9,13-14H,1-6H2,(H,22,25)(H,23,26)(H4,20,21,24)/t13-,14-/m0/s1. The van der Waals surface area contributed by atoms with Crippen LogP contribution in [-0.2, 0) is 9.59 Å². The fourth-order valence-electron chi connectivity index (χ4n) is 2.97. The topological polar surface area (TPSA) is 123 Å². The molecule has 6 N–H and O–H groups in total. The normalized spacial score (nSPS) is 20.4. The molecule has 0 heterocycles. The van der Waals surface area contributed by atoms with Crippen molar-refractivity contribution in [3.8, 4) is 0 Å². The fraction of sp³-hybridized carbons (Fsp3) is 0.471. The number of nitrogens with two attached hydrogens (primary N) is 2. The number of benzene rings is 1. The summed E-state index contributed by atoms with van der Waals surface area (Å²) in [7, 11) is 0. The lowest BCUT2D eigenvalue weighted by atomic mass is 9.92. The van der Waals surface area contributed by atoms with Gasteiger partial charge in [-0.25, -0.2) is 9.38 Å². The van der Waals surface area contributed by atoms with Gasteiger partial charge in [-0.1, -0.05) is 37.3 Å². The molecule has 2 rings (SSSR count). The summed E-state index contributed by atoms with van der Waals surface area (Å²) in [5.74, 6) is -2.44. The summed E-state index contributed by atoms with van der Waals surface area (Å²) < 4.78 is 13.4. The summed E-state index contributed by atoms with van der Waals surface area (Å²) >= 11 is 5.60. The summed E-state index contributed by atoms with van der Waals surface area (Å²) in [5.41, 5.74) is 11.1. The number of amides is 2. The SMILES string of the molecule is NC(N)=N[C@H]1CCCCCC[C@@H]1NC(=O)C(=O)Nc1ccc(Cl)c(F)c1. The Balaban J connectivity index is 2.03. The van der Waals surface area contributed by atoms with Gasteiger partial charge < -0.3 is 22.1 Å². The van der Waals surface area contributed by atoms with E-state index in [1.807, 2.05) is 0 Å². The van der Waals surface area contributed by atoms with Crippen LogP contribution < -0.4 is 22.1 Å². The molecule has 9 heteroatoms. The Labute approximate surface area is 156 Å². The average molecular weight is 384 g/mol. The molecule has 1 aliphatic rings. The van der Waals surface area contributed by atoms with Crippen LogP contribution in [0.2, 0.25) is 5.02 Å². The van der Waals surface area contributed by atoms with Crippen molar-refractivity contribution in [1.29, 1.82) is 0 Å². The number of rotatable bonds is 3. The number of carbonyl (C=O) groups is 2. The number of nitrogens with zero attached hydrogens (tertiary/aromatic N) is 1. The minimum Gasteiger partial charge on any atom is -0.370 e. The first-order valence-corrected chi connectivity index (χ1v) is 8.90. The first-order valence-electron chi connectivity index (χ1n) is 8.52. The predicted molar refractivity (Wildman–Crippen MR) is 99.3 cm³/mol. The summed E-state index contributed by atoms with van der Waals surface area (Å²) in [5, 5.41) is 4.98. The Kier molecular flexibility index (Phi) is 7.20. The summed E-state index contributed by atoms with van der Waals surface area (Å²) in [6.45, 7) is 0. The maximum absolute atomic E-state index is 13.4. The van der Waals surface area contributed by atoms with Crippen molar-refractivity contribution in [3.63, 3.8) is 0 Å². The number of guanidine groups is 1. The van der Waals surface area contributed by atoms with E-state index in [1.165, 1.54) is 12.1 Å². The number of anilines is 1. The molecule has 1 aliphatic carbocycles. The lowest BCUT2D eigenvalue weighted by molar-refractivity contribution is -0.136. The van der Waals surface area contributed by atoms with Gasteiger partial charge in [0.15, 0.2) is 5.96 Å². The van der Waals surface area contributed by atoms with Crippen molar-refractivity contribution < 1.29 is 14.0 Å². The molecular weight excluding hydrogens is 361 g/mol. The van der Waals surface area contributed by atoms with E-state index in [2.05, 4.69) is 15.6 Å². The van der Waals surface area contributed by atoms with E-state index >= 15 is 0 Å². The van der Waals surface area contributed by atoms with Crippen LogP contribution in [-0.4, -0.2) is 29.9 Å². The van der Waals surface area contributed by atoms with E-state index < -0.39 is 17.6 Å². The Morgan fingerprint density at radius 3 is 2.46 bits per heavy atom. The summed E-state index contributed by atoms with van der Waals surface area (Å²) in [6.07, 6.45) is 5.40. The number of hydrogen-bond donors (Lipinski definition) is 4. The van der Waals surface area contributed by atoms with Gasteiger partial charge in [0.1, 0.15) is 5.82 Å². The number of aliphatic imine (C=N–C) groups is 1. The van der Waals surface area contributed by atoms with Crippen LogP contribution >= 0.6 is 11.6 Å². The zero-order valence-electron chi connectivity index (χ0n) is 14.3. The van der Waals surface area contributed by atoms with Crippen molar-refractivity contribution in [1.82, 2.24) is 5.32 Å². The smallest absolute Gasteiger partial charge is 0.313 e. The third-order valence-electron chi connectivity index (χ3n) is 4.24. The molecule has 2 amide bonds. The average Bonchev–Trinajstić information content (AvgIpc) is 2.56. The van der Waals surface area contributed by atoms with Crippen LogP contribution in [0.4, 0.5) is 10.1 Å². The predicted octanol–water partition coefficient (Wildman–Crippen LogP) is 1.90. The summed E-state index contributed by atoms with van der Waals surface area (Å²) in [4.78, 5) is 28.5. The maximum Gasteiger partial charge on any atom is 0.313 e. The van der Waals surface area contributed by atoms with Gasteiger partial charge in [0.25, 0.3) is 0 Å².